The highest BCUT2D eigenvalue weighted by Gasteiger charge is 2.12. The molecule has 23 heavy (non-hydrogen) atoms. The second-order valence-electron chi connectivity index (χ2n) is 5.36. The lowest BCUT2D eigenvalue weighted by Gasteiger charge is -2.06. The Morgan fingerprint density at radius 2 is 1.87 bits per heavy atom. The number of fused-ring (bicyclic) bond motifs is 3. The first-order valence-electron chi connectivity index (χ1n) is 7.29. The summed E-state index contributed by atoms with van der Waals surface area (Å²) in [6.07, 6.45) is 1.61. The molecule has 0 fully saturated rings. The summed E-state index contributed by atoms with van der Waals surface area (Å²) in [5.74, 6) is 1.68. The fourth-order valence-corrected chi connectivity index (χ4v) is 3.67. The van der Waals surface area contributed by atoms with E-state index in [0.29, 0.717) is 0 Å². The standard InChI is InChI=1S/C18H15N3OS/c1-11-3-5-12(6-4-11)21-18-17-16(19-10-20-18)14-8-7-13(22-2)9-15(14)23-17/h3-10H,1-2H3,(H,19,20,21). The molecule has 0 aliphatic rings. The smallest absolute Gasteiger partial charge is 0.151 e. The minimum absolute atomic E-state index is 0.832. The highest BCUT2D eigenvalue weighted by Crippen LogP contribution is 2.38. The third-order valence-corrected chi connectivity index (χ3v) is 4.92. The largest absolute Gasteiger partial charge is 0.497 e. The number of aromatic nitrogens is 2. The Balaban J connectivity index is 1.85. The van der Waals surface area contributed by atoms with E-state index in [1.165, 1.54) is 5.56 Å². The first-order chi connectivity index (χ1) is 11.2. The van der Waals surface area contributed by atoms with E-state index in [0.717, 1.165) is 37.6 Å². The van der Waals surface area contributed by atoms with Crippen molar-refractivity contribution in [1.29, 1.82) is 0 Å². The van der Waals surface area contributed by atoms with Crippen LogP contribution in [0.1, 0.15) is 5.56 Å². The van der Waals surface area contributed by atoms with Gasteiger partial charge in [0.05, 0.1) is 17.3 Å². The normalized spacial score (nSPS) is 11.0. The number of benzene rings is 2. The molecule has 5 heteroatoms. The molecule has 1 N–H and O–H groups in total. The molecule has 4 aromatic rings. The zero-order valence-electron chi connectivity index (χ0n) is 12.8. The van der Waals surface area contributed by atoms with Gasteiger partial charge in [-0.3, -0.25) is 0 Å². The second-order valence-corrected chi connectivity index (χ2v) is 6.41. The summed E-state index contributed by atoms with van der Waals surface area (Å²) in [5, 5.41) is 4.52. The molecule has 0 saturated heterocycles. The number of nitrogens with zero attached hydrogens (tertiary/aromatic N) is 2. The Morgan fingerprint density at radius 1 is 1.04 bits per heavy atom. The van der Waals surface area contributed by atoms with Gasteiger partial charge in [0.2, 0.25) is 0 Å². The van der Waals surface area contributed by atoms with Crippen LogP contribution in [0.25, 0.3) is 20.3 Å². The van der Waals surface area contributed by atoms with E-state index in [1.807, 2.05) is 12.1 Å². The van der Waals surface area contributed by atoms with Crippen LogP contribution in [0.2, 0.25) is 0 Å². The number of rotatable bonds is 3. The number of anilines is 2. The van der Waals surface area contributed by atoms with Gasteiger partial charge >= 0.3 is 0 Å². The lowest BCUT2D eigenvalue weighted by Crippen LogP contribution is -1.94. The van der Waals surface area contributed by atoms with Gasteiger partial charge < -0.3 is 10.1 Å². The number of hydrogen-bond acceptors (Lipinski definition) is 5. The monoisotopic (exact) mass is 321 g/mol. The van der Waals surface area contributed by atoms with Gasteiger partial charge in [-0.25, -0.2) is 9.97 Å². The Kier molecular flexibility index (Phi) is 3.35. The fourth-order valence-electron chi connectivity index (χ4n) is 2.54. The van der Waals surface area contributed by atoms with Gasteiger partial charge in [-0.1, -0.05) is 17.7 Å². The fraction of sp³-hybridized carbons (Fsp3) is 0.111. The number of aryl methyl sites for hydroxylation is 1. The van der Waals surface area contributed by atoms with Gasteiger partial charge in [-0.15, -0.1) is 11.3 Å². The van der Waals surface area contributed by atoms with E-state index >= 15 is 0 Å². The van der Waals surface area contributed by atoms with E-state index in [9.17, 15) is 0 Å². The molecule has 4 nitrogen and oxygen atoms in total. The topological polar surface area (TPSA) is 47.0 Å². The zero-order valence-corrected chi connectivity index (χ0v) is 13.6. The highest BCUT2D eigenvalue weighted by molar-refractivity contribution is 7.26. The summed E-state index contributed by atoms with van der Waals surface area (Å²) in [5.41, 5.74) is 3.22. The van der Waals surface area contributed by atoms with Crippen LogP contribution in [0.5, 0.6) is 5.75 Å². The Morgan fingerprint density at radius 3 is 2.65 bits per heavy atom. The number of nitrogens with one attached hydrogen (secondary N) is 1. The molecular formula is C18H15N3OS. The van der Waals surface area contributed by atoms with E-state index in [2.05, 4.69) is 52.5 Å². The summed E-state index contributed by atoms with van der Waals surface area (Å²) in [6, 6.07) is 14.3. The van der Waals surface area contributed by atoms with Crippen molar-refractivity contribution in [2.24, 2.45) is 0 Å². The van der Waals surface area contributed by atoms with E-state index in [1.54, 1.807) is 24.8 Å². The quantitative estimate of drug-likeness (QED) is 0.582. The van der Waals surface area contributed by atoms with E-state index in [4.69, 9.17) is 4.74 Å². The molecule has 0 saturated carbocycles. The number of thiophene rings is 1. The van der Waals surface area contributed by atoms with Gasteiger partial charge in [0.15, 0.2) is 5.82 Å². The van der Waals surface area contributed by atoms with Crippen molar-refractivity contribution in [1.82, 2.24) is 9.97 Å². The van der Waals surface area contributed by atoms with Crippen molar-refractivity contribution >= 4 is 43.1 Å². The molecule has 0 amide bonds. The summed E-state index contributed by atoms with van der Waals surface area (Å²) >= 11 is 1.67. The molecule has 114 valence electrons. The molecule has 0 aliphatic carbocycles. The van der Waals surface area contributed by atoms with Crippen molar-refractivity contribution in [3.63, 3.8) is 0 Å². The summed E-state index contributed by atoms with van der Waals surface area (Å²) in [4.78, 5) is 8.88. The molecule has 0 radical (unpaired) electrons. The maximum absolute atomic E-state index is 5.31. The average Bonchev–Trinajstić information content (AvgIpc) is 2.95. The third-order valence-electron chi connectivity index (χ3n) is 3.77. The number of ether oxygens (including phenoxy) is 1. The predicted octanol–water partition coefficient (Wildman–Crippen LogP) is 4.91. The molecular weight excluding hydrogens is 306 g/mol. The first kappa shape index (κ1) is 14.0. The maximum Gasteiger partial charge on any atom is 0.151 e. The Bertz CT molecular complexity index is 992. The van der Waals surface area contributed by atoms with Gasteiger partial charge in [0, 0.05) is 15.8 Å². The van der Waals surface area contributed by atoms with Crippen LogP contribution in [0.4, 0.5) is 11.5 Å². The van der Waals surface area contributed by atoms with Crippen LogP contribution in [-0.4, -0.2) is 17.1 Å². The lowest BCUT2D eigenvalue weighted by molar-refractivity contribution is 0.415. The highest BCUT2D eigenvalue weighted by atomic mass is 32.1. The molecule has 0 spiro atoms. The average molecular weight is 321 g/mol. The van der Waals surface area contributed by atoms with Crippen LogP contribution in [-0.2, 0) is 0 Å². The van der Waals surface area contributed by atoms with Crippen molar-refractivity contribution in [2.75, 3.05) is 12.4 Å². The minimum Gasteiger partial charge on any atom is -0.497 e. The number of hydrogen-bond donors (Lipinski definition) is 1. The van der Waals surface area contributed by atoms with Crippen LogP contribution in [0.3, 0.4) is 0 Å². The Hall–Kier alpha value is -2.66. The van der Waals surface area contributed by atoms with Gasteiger partial charge in [0.25, 0.3) is 0 Å². The summed E-state index contributed by atoms with van der Waals surface area (Å²) in [7, 11) is 1.68. The molecule has 0 unspecified atom stereocenters. The zero-order chi connectivity index (χ0) is 15.8. The van der Waals surface area contributed by atoms with E-state index < -0.39 is 0 Å². The van der Waals surface area contributed by atoms with Crippen molar-refractivity contribution in [3.8, 4) is 5.75 Å². The van der Waals surface area contributed by atoms with Crippen molar-refractivity contribution in [3.05, 3.63) is 54.4 Å². The SMILES string of the molecule is COc1ccc2c(c1)sc1c(Nc3ccc(C)cc3)ncnc12. The van der Waals surface area contributed by atoms with Crippen molar-refractivity contribution in [2.45, 2.75) is 6.92 Å². The molecule has 2 heterocycles. The van der Waals surface area contributed by atoms with Crippen LogP contribution >= 0.6 is 11.3 Å². The summed E-state index contributed by atoms with van der Waals surface area (Å²) < 4.78 is 7.51. The van der Waals surface area contributed by atoms with Crippen LogP contribution in [0, 0.1) is 6.92 Å². The molecule has 4 rings (SSSR count). The third kappa shape index (κ3) is 2.49. The van der Waals surface area contributed by atoms with Gasteiger partial charge in [0.1, 0.15) is 12.1 Å². The van der Waals surface area contributed by atoms with Crippen LogP contribution in [0.15, 0.2) is 48.8 Å². The molecule has 2 aromatic carbocycles. The second kappa shape index (κ2) is 5.52. The lowest BCUT2D eigenvalue weighted by atomic mass is 10.2. The number of methoxy groups -OCH3 is 1. The molecule has 0 aliphatic heterocycles. The van der Waals surface area contributed by atoms with Gasteiger partial charge in [-0.2, -0.15) is 0 Å². The minimum atomic E-state index is 0.832. The van der Waals surface area contributed by atoms with E-state index in [-0.39, 0.29) is 0 Å². The van der Waals surface area contributed by atoms with Crippen molar-refractivity contribution < 1.29 is 4.74 Å². The first-order valence-corrected chi connectivity index (χ1v) is 8.11. The molecule has 0 bridgehead atoms. The Labute approximate surface area is 137 Å². The maximum atomic E-state index is 5.31. The molecule has 0 atom stereocenters. The molecule has 2 aromatic heterocycles. The predicted molar refractivity (Wildman–Crippen MR) is 95.9 cm³/mol. The van der Waals surface area contributed by atoms with Crippen LogP contribution < -0.4 is 10.1 Å². The van der Waals surface area contributed by atoms with Gasteiger partial charge in [-0.05, 0) is 37.3 Å². The summed E-state index contributed by atoms with van der Waals surface area (Å²) in [6.45, 7) is 2.08.